The van der Waals surface area contributed by atoms with Crippen molar-refractivity contribution in [1.82, 2.24) is 5.32 Å². The topological polar surface area (TPSA) is 58.6 Å². The van der Waals surface area contributed by atoms with Gasteiger partial charge in [-0.25, -0.2) is 0 Å². The lowest BCUT2D eigenvalue weighted by Crippen LogP contribution is -2.54. The fourth-order valence-electron chi connectivity index (χ4n) is 2.11. The highest BCUT2D eigenvalue weighted by Crippen LogP contribution is 2.31. The minimum Gasteiger partial charge on any atom is -0.480 e. The van der Waals surface area contributed by atoms with E-state index in [1.807, 2.05) is 0 Å². The number of carboxylic acids is 1. The Morgan fingerprint density at radius 1 is 1.59 bits per heavy atom. The number of hydrogen-bond acceptors (Lipinski definition) is 3. The Morgan fingerprint density at radius 2 is 2.24 bits per heavy atom. The highest BCUT2D eigenvalue weighted by Gasteiger charge is 2.43. The second kappa shape index (κ2) is 5.22. The number of rotatable bonds is 4. The van der Waals surface area contributed by atoms with Crippen molar-refractivity contribution >= 4 is 5.97 Å². The highest BCUT2D eigenvalue weighted by molar-refractivity contribution is 5.79. The normalized spacial score (nSPS) is 30.2. The Bertz CT molecular complexity index is 282. The molecule has 0 saturated heterocycles. The second-order valence-electron chi connectivity index (χ2n) is 4.28. The van der Waals surface area contributed by atoms with Crippen LogP contribution in [0.15, 0.2) is 0 Å². The lowest BCUT2D eigenvalue weighted by molar-refractivity contribution is -0.191. The van der Waals surface area contributed by atoms with Gasteiger partial charge >= 0.3 is 12.1 Å². The molecule has 1 saturated carbocycles. The van der Waals surface area contributed by atoms with Gasteiger partial charge in [-0.15, -0.1) is 0 Å². The van der Waals surface area contributed by atoms with Crippen LogP contribution in [0.4, 0.5) is 13.2 Å². The van der Waals surface area contributed by atoms with Crippen LogP contribution >= 0.6 is 0 Å². The number of carboxylic acid groups (broad SMARTS) is 1. The van der Waals surface area contributed by atoms with Crippen molar-refractivity contribution in [3.05, 3.63) is 0 Å². The summed E-state index contributed by atoms with van der Waals surface area (Å²) in [6, 6.07) is 0. The Labute approximate surface area is 97.1 Å². The fraction of sp³-hybridized carbons (Fsp3) is 0.900. The number of carbonyl (C=O) groups is 1. The maximum Gasteiger partial charge on any atom is 0.411 e. The van der Waals surface area contributed by atoms with E-state index in [0.29, 0.717) is 19.3 Å². The monoisotopic (exact) mass is 255 g/mol. The quantitative estimate of drug-likeness (QED) is 0.800. The van der Waals surface area contributed by atoms with Crippen LogP contribution in [0.2, 0.25) is 0 Å². The average molecular weight is 255 g/mol. The maximum atomic E-state index is 12.0. The van der Waals surface area contributed by atoms with Gasteiger partial charge in [-0.1, -0.05) is 0 Å². The molecule has 0 heterocycles. The first-order valence-electron chi connectivity index (χ1n) is 5.40. The Morgan fingerprint density at radius 3 is 2.71 bits per heavy atom. The van der Waals surface area contributed by atoms with Gasteiger partial charge in [0.1, 0.15) is 12.1 Å². The molecule has 0 amide bonds. The molecule has 2 unspecified atom stereocenters. The standard InChI is InChI=1S/C10H16F3NO3/c1-14-9(8(15)16)4-2-3-7(5-9)17-6-10(11,12)13/h7,14H,2-6H2,1H3,(H,15,16). The Hall–Kier alpha value is -0.820. The molecule has 0 aromatic rings. The molecule has 0 bridgehead atoms. The molecule has 17 heavy (non-hydrogen) atoms. The lowest BCUT2D eigenvalue weighted by Gasteiger charge is -2.37. The van der Waals surface area contributed by atoms with Crippen LogP contribution in [0.5, 0.6) is 0 Å². The molecular weight excluding hydrogens is 239 g/mol. The van der Waals surface area contributed by atoms with Crippen LogP contribution in [0.25, 0.3) is 0 Å². The summed E-state index contributed by atoms with van der Waals surface area (Å²) in [4.78, 5) is 11.1. The van der Waals surface area contributed by atoms with E-state index in [2.05, 4.69) is 5.32 Å². The lowest BCUT2D eigenvalue weighted by atomic mass is 9.80. The average Bonchev–Trinajstić information content (AvgIpc) is 2.25. The van der Waals surface area contributed by atoms with E-state index in [1.165, 1.54) is 7.05 Å². The van der Waals surface area contributed by atoms with Crippen LogP contribution in [0, 0.1) is 0 Å². The second-order valence-corrected chi connectivity index (χ2v) is 4.28. The number of nitrogens with one attached hydrogen (secondary N) is 1. The minimum absolute atomic E-state index is 0.0644. The van der Waals surface area contributed by atoms with Gasteiger partial charge in [0, 0.05) is 6.42 Å². The number of hydrogen-bond donors (Lipinski definition) is 2. The molecule has 0 spiro atoms. The highest BCUT2D eigenvalue weighted by atomic mass is 19.4. The van der Waals surface area contributed by atoms with E-state index in [4.69, 9.17) is 9.84 Å². The predicted octanol–water partition coefficient (Wildman–Crippen LogP) is 1.55. The van der Waals surface area contributed by atoms with E-state index >= 15 is 0 Å². The van der Waals surface area contributed by atoms with Gasteiger partial charge in [0.05, 0.1) is 6.10 Å². The SMILES string of the molecule is CNC1(C(=O)O)CCCC(OCC(F)(F)F)C1. The molecule has 2 N–H and O–H groups in total. The maximum absolute atomic E-state index is 12.0. The molecule has 0 radical (unpaired) electrons. The van der Waals surface area contributed by atoms with E-state index in [-0.39, 0.29) is 6.42 Å². The number of ether oxygens (including phenoxy) is 1. The molecule has 1 rings (SSSR count). The molecule has 7 heteroatoms. The Kier molecular flexibility index (Phi) is 4.37. The summed E-state index contributed by atoms with van der Waals surface area (Å²) in [5.74, 6) is -1.04. The summed E-state index contributed by atoms with van der Waals surface area (Å²) in [7, 11) is 1.50. The van der Waals surface area contributed by atoms with Gasteiger partial charge in [0.25, 0.3) is 0 Å². The molecular formula is C10H16F3NO3. The smallest absolute Gasteiger partial charge is 0.411 e. The van der Waals surface area contributed by atoms with Gasteiger partial charge in [-0.05, 0) is 26.3 Å². The zero-order valence-corrected chi connectivity index (χ0v) is 9.51. The van der Waals surface area contributed by atoms with E-state index < -0.39 is 30.4 Å². The van der Waals surface area contributed by atoms with Crippen molar-refractivity contribution in [2.45, 2.75) is 43.5 Å². The molecule has 4 nitrogen and oxygen atoms in total. The number of likely N-dealkylation sites (N-methyl/N-ethyl adjacent to an activating group) is 1. The first-order chi connectivity index (χ1) is 7.79. The Balaban J connectivity index is 2.57. The minimum atomic E-state index is -4.37. The first-order valence-corrected chi connectivity index (χ1v) is 5.40. The number of aliphatic carboxylic acids is 1. The summed E-state index contributed by atoms with van der Waals surface area (Å²) in [6.07, 6.45) is -3.56. The molecule has 1 aliphatic carbocycles. The fourth-order valence-corrected chi connectivity index (χ4v) is 2.11. The zero-order chi connectivity index (χ0) is 13.1. The molecule has 0 aromatic heterocycles. The third-order valence-corrected chi connectivity index (χ3v) is 3.08. The summed E-state index contributed by atoms with van der Waals surface area (Å²) in [5.41, 5.74) is -1.16. The van der Waals surface area contributed by atoms with Gasteiger partial charge < -0.3 is 15.2 Å². The molecule has 1 aliphatic rings. The van der Waals surface area contributed by atoms with Gasteiger partial charge in [-0.2, -0.15) is 13.2 Å². The van der Waals surface area contributed by atoms with E-state index in [1.54, 1.807) is 0 Å². The van der Waals surface area contributed by atoms with Crippen LogP contribution < -0.4 is 5.32 Å². The summed E-state index contributed by atoms with van der Waals surface area (Å²) in [6.45, 7) is -1.32. The summed E-state index contributed by atoms with van der Waals surface area (Å²) in [5, 5.41) is 11.8. The van der Waals surface area contributed by atoms with Crippen LogP contribution in [-0.4, -0.2) is 42.5 Å². The van der Waals surface area contributed by atoms with Crippen molar-refractivity contribution in [3.63, 3.8) is 0 Å². The molecule has 0 aromatic carbocycles. The summed E-state index contributed by atoms with van der Waals surface area (Å²) >= 11 is 0. The molecule has 0 aliphatic heterocycles. The number of alkyl halides is 3. The largest absolute Gasteiger partial charge is 0.480 e. The predicted molar refractivity (Wildman–Crippen MR) is 53.7 cm³/mol. The van der Waals surface area contributed by atoms with Gasteiger partial charge in [0.15, 0.2) is 0 Å². The van der Waals surface area contributed by atoms with Crippen molar-refractivity contribution < 1.29 is 27.8 Å². The van der Waals surface area contributed by atoms with Gasteiger partial charge in [-0.3, -0.25) is 4.79 Å². The molecule has 100 valence electrons. The van der Waals surface area contributed by atoms with Crippen molar-refractivity contribution in [3.8, 4) is 0 Å². The van der Waals surface area contributed by atoms with Crippen LogP contribution in [0.3, 0.4) is 0 Å². The third-order valence-electron chi connectivity index (χ3n) is 3.08. The zero-order valence-electron chi connectivity index (χ0n) is 9.51. The molecule has 2 atom stereocenters. The summed E-state index contributed by atoms with van der Waals surface area (Å²) < 4.78 is 40.7. The van der Waals surface area contributed by atoms with Crippen LogP contribution in [0.1, 0.15) is 25.7 Å². The van der Waals surface area contributed by atoms with Gasteiger partial charge in [0.2, 0.25) is 0 Å². The van der Waals surface area contributed by atoms with Crippen molar-refractivity contribution in [1.29, 1.82) is 0 Å². The first kappa shape index (κ1) is 14.2. The van der Waals surface area contributed by atoms with Crippen LogP contribution in [-0.2, 0) is 9.53 Å². The van der Waals surface area contributed by atoms with Crippen molar-refractivity contribution in [2.75, 3.05) is 13.7 Å². The van der Waals surface area contributed by atoms with E-state index in [0.717, 1.165) is 0 Å². The molecule has 1 fully saturated rings. The third kappa shape index (κ3) is 3.85. The number of halogens is 3. The van der Waals surface area contributed by atoms with Crippen molar-refractivity contribution in [2.24, 2.45) is 0 Å². The van der Waals surface area contributed by atoms with E-state index in [9.17, 15) is 18.0 Å².